The summed E-state index contributed by atoms with van der Waals surface area (Å²) in [7, 11) is -2.61. The smallest absolute Gasteiger partial charge is 0.261 e. The lowest BCUT2D eigenvalue weighted by atomic mass is 9.89. The van der Waals surface area contributed by atoms with Gasteiger partial charge >= 0.3 is 0 Å². The zero-order chi connectivity index (χ0) is 26.0. The van der Waals surface area contributed by atoms with Crippen molar-refractivity contribution in [2.24, 2.45) is 5.41 Å². The second-order valence-electron chi connectivity index (χ2n) is 11.5. The summed E-state index contributed by atoms with van der Waals surface area (Å²) < 4.78 is 7.14. The molecule has 0 saturated carbocycles. The van der Waals surface area contributed by atoms with Crippen LogP contribution in [0.15, 0.2) is 84.9 Å². The first-order valence-corrected chi connectivity index (χ1v) is 14.7. The molecule has 0 N–H and O–H groups in total. The summed E-state index contributed by atoms with van der Waals surface area (Å²) in [5.74, 6) is -0.367. The highest BCUT2D eigenvalue weighted by molar-refractivity contribution is 6.99. The average Bonchev–Trinajstić information content (AvgIpc) is 3.10. The van der Waals surface area contributed by atoms with Gasteiger partial charge in [0, 0.05) is 13.2 Å². The molecule has 188 valence electrons. The lowest BCUT2D eigenvalue weighted by Gasteiger charge is -2.44. The minimum absolute atomic E-state index is 0.0774. The van der Waals surface area contributed by atoms with Crippen LogP contribution in [0.3, 0.4) is 0 Å². The van der Waals surface area contributed by atoms with Crippen LogP contribution in [0.1, 0.15) is 68.2 Å². The van der Waals surface area contributed by atoms with E-state index in [0.717, 1.165) is 12.8 Å². The van der Waals surface area contributed by atoms with Crippen LogP contribution in [0.4, 0.5) is 0 Å². The number of hydrogen-bond acceptors (Lipinski definition) is 3. The number of carbonyl (C=O) groups is 2. The number of carbonyl (C=O) groups excluding carboxylic acids is 2. The van der Waals surface area contributed by atoms with Crippen molar-refractivity contribution in [2.45, 2.75) is 52.5 Å². The number of hydrogen-bond donors (Lipinski definition) is 0. The highest BCUT2D eigenvalue weighted by atomic mass is 28.4. The Kier molecular flexibility index (Phi) is 7.35. The Hall–Kier alpha value is -3.02. The Balaban J connectivity index is 1.50. The third-order valence-corrected chi connectivity index (χ3v) is 12.2. The standard InChI is InChI=1S/C31H37NO3Si/c1-30(2,3)36(24-15-8-6-9-16-24,25-17-10-7-11-18-25)35-23-31(4,5)21-14-22-32-28(33)26-19-12-13-20-27(26)29(32)34/h6-13,15-20H,14,21-23H2,1-5H3. The predicted molar refractivity (Wildman–Crippen MR) is 148 cm³/mol. The van der Waals surface area contributed by atoms with E-state index in [1.807, 2.05) is 0 Å². The molecular weight excluding hydrogens is 462 g/mol. The lowest BCUT2D eigenvalue weighted by Crippen LogP contribution is -2.67. The molecule has 0 atom stereocenters. The fourth-order valence-corrected chi connectivity index (χ4v) is 10.1. The topological polar surface area (TPSA) is 46.6 Å². The number of imide groups is 1. The van der Waals surface area contributed by atoms with E-state index in [9.17, 15) is 9.59 Å². The molecule has 2 amide bonds. The predicted octanol–water partition coefficient (Wildman–Crippen LogP) is 5.67. The van der Waals surface area contributed by atoms with E-state index >= 15 is 0 Å². The van der Waals surface area contributed by atoms with Gasteiger partial charge in [-0.1, -0.05) is 107 Å². The molecule has 4 rings (SSSR count). The van der Waals surface area contributed by atoms with Crippen LogP contribution >= 0.6 is 0 Å². The fourth-order valence-electron chi connectivity index (χ4n) is 5.30. The summed E-state index contributed by atoms with van der Waals surface area (Å²) in [5, 5.41) is 2.46. The van der Waals surface area contributed by atoms with Crippen molar-refractivity contribution in [3.63, 3.8) is 0 Å². The average molecular weight is 500 g/mol. The Morgan fingerprint density at radius 3 is 1.58 bits per heavy atom. The van der Waals surface area contributed by atoms with Crippen molar-refractivity contribution in [2.75, 3.05) is 13.2 Å². The molecular formula is C31H37NO3Si. The normalized spacial score (nSPS) is 14.3. The summed E-state index contributed by atoms with van der Waals surface area (Å²) in [5.41, 5.74) is 0.902. The lowest BCUT2D eigenvalue weighted by molar-refractivity contribution is 0.0641. The maximum absolute atomic E-state index is 12.7. The van der Waals surface area contributed by atoms with Gasteiger partial charge in [-0.05, 0) is 45.8 Å². The SMILES string of the molecule is CC(C)(CCCN1C(=O)c2ccccc2C1=O)CO[Si](c1ccccc1)(c1ccccc1)C(C)(C)C. The summed E-state index contributed by atoms with van der Waals surface area (Å²) in [6.07, 6.45) is 1.58. The van der Waals surface area contributed by atoms with E-state index in [1.54, 1.807) is 24.3 Å². The summed E-state index contributed by atoms with van der Waals surface area (Å²) in [6.45, 7) is 12.3. The summed E-state index contributed by atoms with van der Waals surface area (Å²) in [4.78, 5) is 26.9. The van der Waals surface area contributed by atoms with E-state index in [-0.39, 0.29) is 22.3 Å². The highest BCUT2D eigenvalue weighted by Crippen LogP contribution is 2.38. The molecule has 0 aromatic heterocycles. The molecule has 1 aliphatic heterocycles. The Morgan fingerprint density at radius 1 is 0.694 bits per heavy atom. The van der Waals surface area contributed by atoms with Gasteiger partial charge in [-0.15, -0.1) is 0 Å². The highest BCUT2D eigenvalue weighted by Gasteiger charge is 2.50. The number of amides is 2. The Bertz CT molecular complexity index is 1140. The third-order valence-electron chi connectivity index (χ3n) is 7.21. The van der Waals surface area contributed by atoms with Gasteiger partial charge in [0.15, 0.2) is 0 Å². The number of rotatable bonds is 9. The fraction of sp³-hybridized carbons (Fsp3) is 0.355. The molecule has 1 heterocycles. The molecule has 0 aliphatic carbocycles. The van der Waals surface area contributed by atoms with Crippen molar-refractivity contribution in [1.82, 2.24) is 4.90 Å². The van der Waals surface area contributed by atoms with Crippen molar-refractivity contribution in [1.29, 1.82) is 0 Å². The van der Waals surface area contributed by atoms with Gasteiger partial charge in [0.1, 0.15) is 0 Å². The van der Waals surface area contributed by atoms with E-state index in [4.69, 9.17) is 4.43 Å². The van der Waals surface area contributed by atoms with Gasteiger partial charge in [-0.3, -0.25) is 14.5 Å². The van der Waals surface area contributed by atoms with Crippen LogP contribution in [0.5, 0.6) is 0 Å². The van der Waals surface area contributed by atoms with E-state index in [0.29, 0.717) is 24.3 Å². The van der Waals surface area contributed by atoms with E-state index < -0.39 is 8.32 Å². The molecule has 4 nitrogen and oxygen atoms in total. The maximum atomic E-state index is 12.7. The Labute approximate surface area is 216 Å². The van der Waals surface area contributed by atoms with Crippen LogP contribution < -0.4 is 10.4 Å². The molecule has 0 unspecified atom stereocenters. The van der Waals surface area contributed by atoms with Crippen molar-refractivity contribution < 1.29 is 14.0 Å². The third kappa shape index (κ3) is 4.95. The zero-order valence-electron chi connectivity index (χ0n) is 22.1. The first kappa shape index (κ1) is 26.1. The van der Waals surface area contributed by atoms with Crippen LogP contribution in [0.25, 0.3) is 0 Å². The Morgan fingerprint density at radius 2 is 1.14 bits per heavy atom. The monoisotopic (exact) mass is 499 g/mol. The molecule has 3 aromatic rings. The number of nitrogens with zero attached hydrogens (tertiary/aromatic N) is 1. The molecule has 3 aromatic carbocycles. The van der Waals surface area contributed by atoms with Crippen molar-refractivity contribution in [3.8, 4) is 0 Å². The number of benzene rings is 3. The van der Waals surface area contributed by atoms with Gasteiger partial charge in [-0.25, -0.2) is 0 Å². The minimum Gasteiger partial charge on any atom is -0.407 e. The quantitative estimate of drug-likeness (QED) is 0.282. The van der Waals surface area contributed by atoms with Crippen LogP contribution in [-0.4, -0.2) is 38.2 Å². The molecule has 0 bridgehead atoms. The second kappa shape index (κ2) is 10.2. The molecule has 0 radical (unpaired) electrons. The summed E-state index contributed by atoms with van der Waals surface area (Å²) >= 11 is 0. The largest absolute Gasteiger partial charge is 0.407 e. The van der Waals surface area contributed by atoms with Gasteiger partial charge in [0.2, 0.25) is 0 Å². The van der Waals surface area contributed by atoms with Crippen LogP contribution in [0.2, 0.25) is 5.04 Å². The second-order valence-corrected chi connectivity index (χ2v) is 15.8. The van der Waals surface area contributed by atoms with Gasteiger partial charge in [0.05, 0.1) is 11.1 Å². The molecule has 36 heavy (non-hydrogen) atoms. The molecule has 0 saturated heterocycles. The zero-order valence-corrected chi connectivity index (χ0v) is 23.1. The van der Waals surface area contributed by atoms with Crippen molar-refractivity contribution >= 4 is 30.5 Å². The molecule has 0 spiro atoms. The van der Waals surface area contributed by atoms with Crippen LogP contribution in [-0.2, 0) is 4.43 Å². The molecule has 1 aliphatic rings. The van der Waals surface area contributed by atoms with E-state index in [2.05, 4.69) is 95.3 Å². The number of fused-ring (bicyclic) bond motifs is 1. The summed E-state index contributed by atoms with van der Waals surface area (Å²) in [6, 6.07) is 28.4. The van der Waals surface area contributed by atoms with E-state index in [1.165, 1.54) is 15.3 Å². The first-order chi connectivity index (χ1) is 17.1. The van der Waals surface area contributed by atoms with Gasteiger partial charge in [-0.2, -0.15) is 0 Å². The first-order valence-electron chi connectivity index (χ1n) is 12.8. The van der Waals surface area contributed by atoms with Crippen LogP contribution in [0, 0.1) is 5.41 Å². The minimum atomic E-state index is -2.61. The maximum Gasteiger partial charge on any atom is 0.261 e. The molecule has 0 fully saturated rings. The van der Waals surface area contributed by atoms with Gasteiger partial charge in [0.25, 0.3) is 20.1 Å². The molecule has 5 heteroatoms. The van der Waals surface area contributed by atoms with Gasteiger partial charge < -0.3 is 4.43 Å². The van der Waals surface area contributed by atoms with Crippen molar-refractivity contribution in [3.05, 3.63) is 96.1 Å².